The van der Waals surface area contributed by atoms with E-state index in [1.807, 2.05) is 13.8 Å². The summed E-state index contributed by atoms with van der Waals surface area (Å²) in [5.41, 5.74) is 1.89. The van der Waals surface area contributed by atoms with Crippen molar-refractivity contribution in [2.24, 2.45) is 5.14 Å². The average Bonchev–Trinajstić information content (AvgIpc) is 2.27. The number of primary sulfonamides is 1. The van der Waals surface area contributed by atoms with Crippen LogP contribution in [-0.2, 0) is 20.0 Å². The molecule has 6 nitrogen and oxygen atoms in total. The molecule has 3 N–H and O–H groups in total. The Morgan fingerprint density at radius 1 is 1.11 bits per heavy atom. The molecule has 0 aliphatic heterocycles. The number of hydrogen-bond donors (Lipinski definition) is 2. The Morgan fingerprint density at radius 2 is 1.74 bits per heavy atom. The van der Waals surface area contributed by atoms with Gasteiger partial charge >= 0.3 is 0 Å². The summed E-state index contributed by atoms with van der Waals surface area (Å²) in [6, 6.07) is 4.83. The van der Waals surface area contributed by atoms with Gasteiger partial charge < -0.3 is 0 Å². The number of sulfonamides is 2. The third-order valence-electron chi connectivity index (χ3n) is 2.69. The van der Waals surface area contributed by atoms with E-state index in [4.69, 9.17) is 5.14 Å². The fourth-order valence-electron chi connectivity index (χ4n) is 1.44. The van der Waals surface area contributed by atoms with E-state index in [0.29, 0.717) is 0 Å². The molecule has 8 heteroatoms. The van der Waals surface area contributed by atoms with Crippen molar-refractivity contribution in [1.29, 1.82) is 0 Å². The molecule has 0 aromatic heterocycles. The lowest BCUT2D eigenvalue weighted by Crippen LogP contribution is -2.27. The first-order valence-electron chi connectivity index (χ1n) is 5.69. The van der Waals surface area contributed by atoms with Crippen LogP contribution in [0.5, 0.6) is 0 Å². The minimum atomic E-state index is -3.60. The normalized spacial score (nSPS) is 12.6. The van der Waals surface area contributed by atoms with Crippen molar-refractivity contribution in [1.82, 2.24) is 4.72 Å². The standard InChI is InChI=1S/C11H18N2O4S2/c1-9-4-5-11(8-10(9)2)19(16,17)13-6-3-7-18(12,14)15/h4-5,8,13H,3,6-7H2,1-2H3,(H2,12,14,15). The first kappa shape index (κ1) is 16.1. The zero-order valence-corrected chi connectivity index (χ0v) is 12.5. The highest BCUT2D eigenvalue weighted by atomic mass is 32.2. The summed E-state index contributed by atoms with van der Waals surface area (Å²) in [4.78, 5) is 0.172. The minimum Gasteiger partial charge on any atom is -0.229 e. The molecule has 0 aliphatic rings. The quantitative estimate of drug-likeness (QED) is 0.735. The summed E-state index contributed by atoms with van der Waals surface area (Å²) in [5, 5.41) is 4.83. The van der Waals surface area contributed by atoms with Gasteiger partial charge in [0.2, 0.25) is 20.0 Å². The van der Waals surface area contributed by atoms with Crippen molar-refractivity contribution in [3.8, 4) is 0 Å². The number of rotatable bonds is 6. The highest BCUT2D eigenvalue weighted by Gasteiger charge is 2.14. The van der Waals surface area contributed by atoms with Crippen LogP contribution in [-0.4, -0.2) is 29.1 Å². The molecule has 0 radical (unpaired) electrons. The Hall–Kier alpha value is -0.960. The van der Waals surface area contributed by atoms with E-state index in [2.05, 4.69) is 4.72 Å². The van der Waals surface area contributed by atoms with Gasteiger partial charge in [-0.25, -0.2) is 26.7 Å². The maximum Gasteiger partial charge on any atom is 0.240 e. The smallest absolute Gasteiger partial charge is 0.229 e. The van der Waals surface area contributed by atoms with Gasteiger partial charge in [0.05, 0.1) is 10.6 Å². The van der Waals surface area contributed by atoms with Crippen LogP contribution in [0, 0.1) is 13.8 Å². The van der Waals surface area contributed by atoms with Gasteiger partial charge in [0.15, 0.2) is 0 Å². The van der Waals surface area contributed by atoms with E-state index >= 15 is 0 Å². The molecular formula is C11H18N2O4S2. The maximum absolute atomic E-state index is 11.9. The molecule has 0 bridgehead atoms. The minimum absolute atomic E-state index is 0.0334. The van der Waals surface area contributed by atoms with Gasteiger partial charge in [0.25, 0.3) is 0 Å². The van der Waals surface area contributed by atoms with Crippen molar-refractivity contribution in [3.63, 3.8) is 0 Å². The van der Waals surface area contributed by atoms with E-state index in [-0.39, 0.29) is 23.6 Å². The topological polar surface area (TPSA) is 106 Å². The lowest BCUT2D eigenvalue weighted by molar-refractivity contribution is 0.576. The molecule has 1 rings (SSSR count). The lowest BCUT2D eigenvalue weighted by atomic mass is 10.1. The molecule has 1 aromatic carbocycles. The van der Waals surface area contributed by atoms with Crippen LogP contribution in [0.15, 0.2) is 23.1 Å². The second-order valence-electron chi connectivity index (χ2n) is 4.36. The van der Waals surface area contributed by atoms with Crippen molar-refractivity contribution in [3.05, 3.63) is 29.3 Å². The SMILES string of the molecule is Cc1ccc(S(=O)(=O)NCCCS(N)(=O)=O)cc1C. The summed E-state index contributed by atoms with van der Waals surface area (Å²) in [6.45, 7) is 3.76. The summed E-state index contributed by atoms with van der Waals surface area (Å²) < 4.78 is 47.6. The fourth-order valence-corrected chi connectivity index (χ4v) is 3.15. The highest BCUT2D eigenvalue weighted by Crippen LogP contribution is 2.14. The molecule has 1 aromatic rings. The highest BCUT2D eigenvalue weighted by molar-refractivity contribution is 7.89. The van der Waals surface area contributed by atoms with Gasteiger partial charge in [-0.1, -0.05) is 6.07 Å². The molecule has 0 saturated carbocycles. The molecule has 0 unspecified atom stereocenters. The van der Waals surface area contributed by atoms with Crippen LogP contribution in [0.25, 0.3) is 0 Å². The van der Waals surface area contributed by atoms with Gasteiger partial charge in [0, 0.05) is 6.54 Å². The summed E-state index contributed by atoms with van der Waals surface area (Å²) in [5.74, 6) is -0.248. The van der Waals surface area contributed by atoms with Crippen molar-refractivity contribution in [2.75, 3.05) is 12.3 Å². The Morgan fingerprint density at radius 3 is 2.26 bits per heavy atom. The Kier molecular flexibility index (Phi) is 5.08. The van der Waals surface area contributed by atoms with Crippen LogP contribution in [0.4, 0.5) is 0 Å². The van der Waals surface area contributed by atoms with Crippen LogP contribution in [0.1, 0.15) is 17.5 Å². The first-order chi connectivity index (χ1) is 8.62. The van der Waals surface area contributed by atoms with E-state index in [1.165, 1.54) is 6.07 Å². The van der Waals surface area contributed by atoms with Crippen molar-refractivity contribution >= 4 is 20.0 Å². The van der Waals surface area contributed by atoms with Crippen LogP contribution < -0.4 is 9.86 Å². The third-order valence-corrected chi connectivity index (χ3v) is 5.00. The van der Waals surface area contributed by atoms with Gasteiger partial charge in [-0.15, -0.1) is 0 Å². The Balaban J connectivity index is 2.68. The lowest BCUT2D eigenvalue weighted by Gasteiger charge is -2.08. The number of nitrogens with two attached hydrogens (primary N) is 1. The van der Waals surface area contributed by atoms with Crippen LogP contribution in [0.3, 0.4) is 0 Å². The van der Waals surface area contributed by atoms with Gasteiger partial charge in [-0.05, 0) is 43.5 Å². The Bertz CT molecular complexity index is 651. The molecule has 0 aliphatic carbocycles. The maximum atomic E-state index is 11.9. The van der Waals surface area contributed by atoms with Crippen LogP contribution in [0.2, 0.25) is 0 Å². The summed E-state index contributed by atoms with van der Waals surface area (Å²) >= 11 is 0. The van der Waals surface area contributed by atoms with E-state index in [1.54, 1.807) is 12.1 Å². The Labute approximate surface area is 114 Å². The second-order valence-corrected chi connectivity index (χ2v) is 7.87. The number of hydrogen-bond acceptors (Lipinski definition) is 4. The summed E-state index contributed by atoms with van der Waals surface area (Å²) in [6.07, 6.45) is 0.142. The third kappa shape index (κ3) is 5.27. The van der Waals surface area contributed by atoms with Crippen molar-refractivity contribution < 1.29 is 16.8 Å². The van der Waals surface area contributed by atoms with Crippen molar-refractivity contribution in [2.45, 2.75) is 25.2 Å². The van der Waals surface area contributed by atoms with Gasteiger partial charge in [0.1, 0.15) is 0 Å². The molecular weight excluding hydrogens is 288 g/mol. The molecule has 0 spiro atoms. The van der Waals surface area contributed by atoms with E-state index in [9.17, 15) is 16.8 Å². The van der Waals surface area contributed by atoms with Gasteiger partial charge in [-0.3, -0.25) is 0 Å². The zero-order valence-electron chi connectivity index (χ0n) is 10.9. The van der Waals surface area contributed by atoms with E-state index in [0.717, 1.165) is 11.1 Å². The molecule has 0 amide bonds. The molecule has 0 heterocycles. The summed E-state index contributed by atoms with van der Waals surface area (Å²) in [7, 11) is -7.16. The first-order valence-corrected chi connectivity index (χ1v) is 8.89. The average molecular weight is 306 g/mol. The largest absolute Gasteiger partial charge is 0.240 e. The molecule has 0 fully saturated rings. The molecule has 19 heavy (non-hydrogen) atoms. The monoisotopic (exact) mass is 306 g/mol. The predicted octanol–water partition coefficient (Wildman–Crippen LogP) is 0.260. The molecule has 0 saturated heterocycles. The molecule has 0 atom stereocenters. The molecule has 108 valence electrons. The number of aryl methyl sites for hydroxylation is 2. The van der Waals surface area contributed by atoms with Crippen LogP contribution >= 0.6 is 0 Å². The fraction of sp³-hybridized carbons (Fsp3) is 0.455. The number of benzene rings is 1. The number of nitrogens with one attached hydrogen (secondary N) is 1. The van der Waals surface area contributed by atoms with E-state index < -0.39 is 20.0 Å². The van der Waals surface area contributed by atoms with Gasteiger partial charge in [-0.2, -0.15) is 0 Å². The predicted molar refractivity (Wildman–Crippen MR) is 73.7 cm³/mol. The second kappa shape index (κ2) is 6.00. The zero-order chi connectivity index (χ0) is 14.7.